The third-order valence-electron chi connectivity index (χ3n) is 2.72. The third kappa shape index (κ3) is 5.44. The van der Waals surface area contributed by atoms with Gasteiger partial charge in [-0.3, -0.25) is 0 Å². The van der Waals surface area contributed by atoms with Gasteiger partial charge < -0.3 is 21.3 Å². The minimum atomic E-state index is -0.725. The number of guanidine groups is 1. The largest absolute Gasteiger partial charge is 0.404 e. The minimum absolute atomic E-state index is 0.239. The lowest BCUT2D eigenvalue weighted by Gasteiger charge is -2.44. The highest BCUT2D eigenvalue weighted by atomic mass is 35.5. The van der Waals surface area contributed by atoms with Gasteiger partial charge in [-0.1, -0.05) is 29.9 Å². The van der Waals surface area contributed by atoms with Crippen molar-refractivity contribution >= 4 is 29.3 Å². The van der Waals surface area contributed by atoms with Crippen LogP contribution in [0.4, 0.5) is 0 Å². The summed E-state index contributed by atoms with van der Waals surface area (Å²) < 4.78 is 0.361. The number of likely N-dealkylation sites (N-methyl/N-ethyl adjacent to an activating group) is 1. The van der Waals surface area contributed by atoms with Crippen molar-refractivity contribution in [1.29, 1.82) is 0 Å². The van der Waals surface area contributed by atoms with E-state index in [1.165, 1.54) is 18.0 Å². The van der Waals surface area contributed by atoms with E-state index in [1.54, 1.807) is 16.8 Å². The molecule has 0 saturated carbocycles. The first-order valence-electron chi connectivity index (χ1n) is 6.05. The van der Waals surface area contributed by atoms with Gasteiger partial charge in [0.25, 0.3) is 5.96 Å². The summed E-state index contributed by atoms with van der Waals surface area (Å²) in [6, 6.07) is 0. The Balaban J connectivity index is 3.01. The molecule has 0 radical (unpaired) electrons. The number of nitrogens with two attached hydrogens (primary N) is 2. The highest BCUT2D eigenvalue weighted by Gasteiger charge is 2.36. The molecule has 1 aliphatic heterocycles. The Bertz CT molecular complexity index is 493. The van der Waals surface area contributed by atoms with Crippen molar-refractivity contribution in [1.82, 2.24) is 9.80 Å². The lowest BCUT2D eigenvalue weighted by Crippen LogP contribution is -2.64. The molecule has 4 N–H and O–H groups in total. The van der Waals surface area contributed by atoms with Crippen molar-refractivity contribution in [3.05, 3.63) is 32.2 Å². The van der Waals surface area contributed by atoms with Crippen molar-refractivity contribution in [2.24, 2.45) is 16.6 Å². The van der Waals surface area contributed by atoms with Gasteiger partial charge in [0.05, 0.1) is 10.9 Å². The van der Waals surface area contributed by atoms with E-state index >= 15 is 0 Å². The van der Waals surface area contributed by atoms with E-state index in [4.69, 9.17) is 23.1 Å². The summed E-state index contributed by atoms with van der Waals surface area (Å²) in [6.45, 7) is 6.66. The van der Waals surface area contributed by atoms with Crippen LogP contribution in [-0.4, -0.2) is 53.0 Å². The lowest BCUT2D eigenvalue weighted by molar-refractivity contribution is -0.486. The Labute approximate surface area is 132 Å². The number of nitrogens with zero attached hydrogens (tertiary/aromatic N) is 4. The van der Waals surface area contributed by atoms with Crippen LogP contribution >= 0.6 is 23.4 Å². The van der Waals surface area contributed by atoms with Crippen molar-refractivity contribution in [2.45, 2.75) is 12.5 Å². The predicted octanol–water partition coefficient (Wildman–Crippen LogP) is 0.742. The molecule has 1 fully saturated rings. The second-order valence-corrected chi connectivity index (χ2v) is 7.00. The standard InChI is InChI=1S/C11H19ClN6O2S/c1-8(12)21-9(4-13)5-17-7-11(2,14)6-16(3)10(17)15-18(19)20/h4H,1,5-7,13-14H2,2-3H3/b9-4-,15-10+. The number of rotatable bonds is 5. The average Bonchev–Trinajstić information content (AvgIpc) is 2.30. The molecule has 1 saturated heterocycles. The van der Waals surface area contributed by atoms with Crippen LogP contribution in [0.3, 0.4) is 0 Å². The molecular weight excluding hydrogens is 316 g/mol. The normalized spacial score (nSPS) is 25.3. The van der Waals surface area contributed by atoms with Crippen LogP contribution in [0.1, 0.15) is 6.92 Å². The zero-order chi connectivity index (χ0) is 16.2. The summed E-state index contributed by atoms with van der Waals surface area (Å²) in [5.41, 5.74) is 11.2. The Morgan fingerprint density at radius 2 is 2.33 bits per heavy atom. The van der Waals surface area contributed by atoms with Crippen LogP contribution in [-0.2, 0) is 0 Å². The van der Waals surface area contributed by atoms with Crippen LogP contribution in [0.25, 0.3) is 0 Å². The van der Waals surface area contributed by atoms with Crippen molar-refractivity contribution in [3.63, 3.8) is 0 Å². The molecule has 1 atom stereocenters. The van der Waals surface area contributed by atoms with Gasteiger partial charge in [-0.25, -0.2) is 10.1 Å². The fourth-order valence-corrected chi connectivity index (χ4v) is 3.07. The molecule has 0 aromatic carbocycles. The quantitative estimate of drug-likeness (QED) is 0.563. The summed E-state index contributed by atoms with van der Waals surface area (Å²) in [5.74, 6) is 0.239. The molecule has 0 aromatic heterocycles. The molecule has 1 unspecified atom stereocenters. The zero-order valence-electron chi connectivity index (χ0n) is 12.0. The predicted molar refractivity (Wildman–Crippen MR) is 86.1 cm³/mol. The molecule has 8 nitrogen and oxygen atoms in total. The first-order valence-corrected chi connectivity index (χ1v) is 7.25. The van der Waals surface area contributed by atoms with Gasteiger partial charge >= 0.3 is 0 Å². The van der Waals surface area contributed by atoms with E-state index in [9.17, 15) is 10.1 Å². The summed E-state index contributed by atoms with van der Waals surface area (Å²) in [6.07, 6.45) is 1.39. The van der Waals surface area contributed by atoms with E-state index in [2.05, 4.69) is 11.7 Å². The smallest absolute Gasteiger partial charge is 0.274 e. The second kappa shape index (κ2) is 7.01. The van der Waals surface area contributed by atoms with Crippen LogP contribution < -0.4 is 11.5 Å². The summed E-state index contributed by atoms with van der Waals surface area (Å²) in [4.78, 5) is 14.8. The Morgan fingerprint density at radius 3 is 2.81 bits per heavy atom. The molecule has 118 valence electrons. The fraction of sp³-hybridized carbons (Fsp3) is 0.545. The molecule has 1 rings (SSSR count). The highest BCUT2D eigenvalue weighted by molar-refractivity contribution is 8.08. The second-order valence-electron chi connectivity index (χ2n) is 5.09. The van der Waals surface area contributed by atoms with Crippen molar-refractivity contribution in [2.75, 3.05) is 26.7 Å². The van der Waals surface area contributed by atoms with Gasteiger partial charge in [-0.05, 0) is 6.92 Å². The Morgan fingerprint density at radius 1 is 1.71 bits per heavy atom. The molecule has 0 aliphatic carbocycles. The SMILES string of the molecule is C=C(Cl)S/C(=C\N)CN1CC(C)(N)CN(C)/C1=N\[N+](=O)[O-]. The highest BCUT2D eigenvalue weighted by Crippen LogP contribution is 2.28. The molecule has 0 aromatic rings. The number of nitro groups is 1. The topological polar surface area (TPSA) is 114 Å². The molecule has 21 heavy (non-hydrogen) atoms. The average molecular weight is 335 g/mol. The molecule has 1 heterocycles. The Hall–Kier alpha value is -1.45. The van der Waals surface area contributed by atoms with Gasteiger partial charge in [0, 0.05) is 36.8 Å². The van der Waals surface area contributed by atoms with Crippen LogP contribution in [0.5, 0.6) is 0 Å². The zero-order valence-corrected chi connectivity index (χ0v) is 13.5. The Kier molecular flexibility index (Phi) is 5.87. The molecule has 0 bridgehead atoms. The van der Waals surface area contributed by atoms with Crippen molar-refractivity contribution in [3.8, 4) is 0 Å². The maximum absolute atomic E-state index is 10.7. The van der Waals surface area contributed by atoms with Gasteiger partial charge in [0.1, 0.15) is 5.10 Å². The van der Waals surface area contributed by atoms with Gasteiger partial charge in [-0.2, -0.15) is 0 Å². The van der Waals surface area contributed by atoms with E-state index in [-0.39, 0.29) is 5.96 Å². The molecule has 10 heteroatoms. The van der Waals surface area contributed by atoms with Crippen LogP contribution in [0.15, 0.2) is 27.1 Å². The summed E-state index contributed by atoms with van der Waals surface area (Å²) in [5, 5.41) is 13.4. The van der Waals surface area contributed by atoms with Crippen molar-refractivity contribution < 1.29 is 5.03 Å². The number of hydrogen-bond acceptors (Lipinski definition) is 5. The molecule has 0 spiro atoms. The molecular formula is C11H19ClN6O2S. The van der Waals surface area contributed by atoms with Gasteiger partial charge in [0.2, 0.25) is 0 Å². The number of halogens is 1. The minimum Gasteiger partial charge on any atom is -0.404 e. The van der Waals surface area contributed by atoms with Gasteiger partial charge in [0.15, 0.2) is 5.03 Å². The van der Waals surface area contributed by atoms with E-state index in [0.717, 1.165) is 0 Å². The summed E-state index contributed by atoms with van der Waals surface area (Å²) in [7, 11) is 1.71. The van der Waals surface area contributed by atoms with Crippen LogP contribution in [0, 0.1) is 10.1 Å². The van der Waals surface area contributed by atoms with E-state index in [1.807, 2.05) is 6.92 Å². The summed E-state index contributed by atoms with van der Waals surface area (Å²) >= 11 is 6.95. The number of hydrazone groups is 1. The molecule has 0 amide bonds. The lowest BCUT2D eigenvalue weighted by atomic mass is 10.0. The van der Waals surface area contributed by atoms with Gasteiger partial charge in [-0.15, -0.1) is 0 Å². The first-order chi connectivity index (χ1) is 9.64. The first kappa shape index (κ1) is 17.6. The maximum Gasteiger partial charge on any atom is 0.274 e. The fourth-order valence-electron chi connectivity index (χ4n) is 2.20. The third-order valence-corrected chi connectivity index (χ3v) is 3.70. The monoisotopic (exact) mass is 334 g/mol. The van der Waals surface area contributed by atoms with E-state index < -0.39 is 10.6 Å². The van der Waals surface area contributed by atoms with Crippen LogP contribution in [0.2, 0.25) is 0 Å². The molecule has 1 aliphatic rings. The number of hydrogen-bond donors (Lipinski definition) is 2. The number of thioether (sulfide) groups is 1. The maximum atomic E-state index is 10.7. The van der Waals surface area contributed by atoms with E-state index in [0.29, 0.717) is 28.9 Å².